The summed E-state index contributed by atoms with van der Waals surface area (Å²) in [5.74, 6) is -0.342. The molecule has 0 radical (unpaired) electrons. The molecule has 4 aromatic rings. The highest BCUT2D eigenvalue weighted by molar-refractivity contribution is 6.46. The van der Waals surface area contributed by atoms with Gasteiger partial charge in [-0.25, -0.2) is 4.98 Å². The highest BCUT2D eigenvalue weighted by atomic mass is 16.5. The minimum atomic E-state index is -0.784. The summed E-state index contributed by atoms with van der Waals surface area (Å²) in [4.78, 5) is 35.3. The summed E-state index contributed by atoms with van der Waals surface area (Å²) in [6, 6.07) is 21.5. The Labute approximate surface area is 227 Å². The Hall–Kier alpha value is -4.43. The first kappa shape index (κ1) is 26.2. The van der Waals surface area contributed by atoms with Crippen LogP contribution in [-0.2, 0) is 9.59 Å². The Morgan fingerprint density at radius 1 is 0.974 bits per heavy atom. The lowest BCUT2D eigenvalue weighted by molar-refractivity contribution is -0.140. The Bertz CT molecular complexity index is 1540. The Morgan fingerprint density at radius 3 is 2.44 bits per heavy atom. The molecular weight excluding hydrogens is 492 g/mol. The summed E-state index contributed by atoms with van der Waals surface area (Å²) in [7, 11) is 0. The van der Waals surface area contributed by atoms with Crippen LogP contribution in [0.5, 0.6) is 11.5 Å². The number of hydrogen-bond donors (Lipinski definition) is 1. The summed E-state index contributed by atoms with van der Waals surface area (Å²) in [5.41, 5.74) is 2.32. The number of ketones is 1. The number of Topliss-reactive ketones (excluding diaryl/α,β-unsaturated/α-hetero) is 1. The predicted octanol–water partition coefficient (Wildman–Crippen LogP) is 5.20. The zero-order valence-electron chi connectivity index (χ0n) is 22.4. The molecular formula is C31H32N4O4. The van der Waals surface area contributed by atoms with Crippen molar-refractivity contribution in [1.29, 1.82) is 0 Å². The van der Waals surface area contributed by atoms with Crippen LogP contribution in [-0.4, -0.2) is 62.2 Å². The van der Waals surface area contributed by atoms with E-state index in [1.165, 1.54) is 0 Å². The molecule has 1 fully saturated rings. The monoisotopic (exact) mass is 524 g/mol. The van der Waals surface area contributed by atoms with Crippen molar-refractivity contribution in [3.05, 3.63) is 102 Å². The van der Waals surface area contributed by atoms with Crippen molar-refractivity contribution in [1.82, 2.24) is 19.2 Å². The number of para-hydroxylation sites is 1. The number of amides is 1. The summed E-state index contributed by atoms with van der Waals surface area (Å²) in [6.45, 7) is 8.50. The minimum absolute atomic E-state index is 0.0464. The zero-order valence-corrected chi connectivity index (χ0v) is 22.4. The molecule has 1 aliphatic rings. The molecule has 1 amide bonds. The van der Waals surface area contributed by atoms with Gasteiger partial charge in [0.05, 0.1) is 17.3 Å². The molecule has 8 heteroatoms. The number of likely N-dealkylation sites (N-methyl/N-ethyl adjacent to an activating group) is 1. The van der Waals surface area contributed by atoms with Crippen molar-refractivity contribution in [3.63, 3.8) is 0 Å². The van der Waals surface area contributed by atoms with Crippen LogP contribution >= 0.6 is 0 Å². The molecule has 5 rings (SSSR count). The number of carbonyl (C=O) groups is 2. The number of ether oxygens (including phenoxy) is 1. The number of aliphatic hydroxyl groups excluding tert-OH is 1. The number of pyridine rings is 1. The first-order valence-corrected chi connectivity index (χ1v) is 13.2. The molecule has 0 saturated carbocycles. The molecule has 200 valence electrons. The van der Waals surface area contributed by atoms with E-state index in [-0.39, 0.29) is 11.3 Å². The molecule has 1 saturated heterocycles. The standard InChI is InChI=1S/C31H32N4O4/c1-4-33(5-2)18-19-35-28(22-12-11-15-24(20-22)39-23-13-7-6-8-14-23)26(30(37)31(35)38)29(36)27-21(3)32-25-16-9-10-17-34(25)27/h6-17,20,28,36H,4-5,18-19H2,1-3H3/b29-26+. The Morgan fingerprint density at radius 2 is 1.69 bits per heavy atom. The van der Waals surface area contributed by atoms with Crippen molar-refractivity contribution in [2.75, 3.05) is 26.2 Å². The van der Waals surface area contributed by atoms with Gasteiger partial charge in [-0.05, 0) is 62.0 Å². The fourth-order valence-corrected chi connectivity index (χ4v) is 5.15. The number of imidazole rings is 1. The van der Waals surface area contributed by atoms with E-state index in [9.17, 15) is 14.7 Å². The van der Waals surface area contributed by atoms with Crippen LogP contribution in [0.15, 0.2) is 84.6 Å². The fraction of sp³-hybridized carbons (Fsp3) is 0.258. The summed E-state index contributed by atoms with van der Waals surface area (Å²) in [6.07, 6.45) is 1.78. The molecule has 2 aromatic carbocycles. The second kappa shape index (κ2) is 11.1. The van der Waals surface area contributed by atoms with E-state index in [2.05, 4.69) is 23.7 Å². The normalized spacial score (nSPS) is 16.9. The maximum atomic E-state index is 13.6. The molecule has 0 spiro atoms. The molecule has 0 bridgehead atoms. The van der Waals surface area contributed by atoms with Gasteiger partial charge in [-0.15, -0.1) is 0 Å². The predicted molar refractivity (Wildman–Crippen MR) is 150 cm³/mol. The number of carbonyl (C=O) groups excluding carboxylic acids is 2. The van der Waals surface area contributed by atoms with Crippen LogP contribution in [0.2, 0.25) is 0 Å². The number of hydrogen-bond acceptors (Lipinski definition) is 6. The van der Waals surface area contributed by atoms with E-state index in [4.69, 9.17) is 4.74 Å². The molecule has 1 N–H and O–H groups in total. The van der Waals surface area contributed by atoms with Crippen molar-refractivity contribution in [2.45, 2.75) is 26.8 Å². The number of aliphatic hydroxyl groups is 1. The first-order valence-electron chi connectivity index (χ1n) is 13.2. The van der Waals surface area contributed by atoms with Crippen LogP contribution in [0.1, 0.15) is 36.8 Å². The van der Waals surface area contributed by atoms with E-state index >= 15 is 0 Å². The first-order chi connectivity index (χ1) is 18.9. The summed E-state index contributed by atoms with van der Waals surface area (Å²) < 4.78 is 7.79. The fourth-order valence-electron chi connectivity index (χ4n) is 5.15. The number of benzene rings is 2. The lowest BCUT2D eigenvalue weighted by Gasteiger charge is -2.28. The number of aromatic nitrogens is 2. The van der Waals surface area contributed by atoms with Gasteiger partial charge >= 0.3 is 0 Å². The topological polar surface area (TPSA) is 87.4 Å². The molecule has 8 nitrogen and oxygen atoms in total. The zero-order chi connectivity index (χ0) is 27.5. The number of rotatable bonds is 9. The number of aryl methyl sites for hydroxylation is 1. The quantitative estimate of drug-likeness (QED) is 0.184. The van der Waals surface area contributed by atoms with Gasteiger partial charge in [0.15, 0.2) is 5.76 Å². The van der Waals surface area contributed by atoms with Crippen LogP contribution in [0.3, 0.4) is 0 Å². The average molecular weight is 525 g/mol. The van der Waals surface area contributed by atoms with E-state index in [0.717, 1.165) is 13.1 Å². The minimum Gasteiger partial charge on any atom is -0.505 e. The van der Waals surface area contributed by atoms with E-state index in [0.29, 0.717) is 47.2 Å². The molecule has 1 unspecified atom stereocenters. The van der Waals surface area contributed by atoms with E-state index in [1.807, 2.05) is 72.8 Å². The highest BCUT2D eigenvalue weighted by Crippen LogP contribution is 2.41. The third-order valence-electron chi connectivity index (χ3n) is 7.17. The Kier molecular flexibility index (Phi) is 7.47. The maximum absolute atomic E-state index is 13.6. The molecule has 2 aromatic heterocycles. The largest absolute Gasteiger partial charge is 0.505 e. The van der Waals surface area contributed by atoms with Gasteiger partial charge in [-0.3, -0.25) is 14.0 Å². The molecule has 3 heterocycles. The smallest absolute Gasteiger partial charge is 0.295 e. The van der Waals surface area contributed by atoms with Gasteiger partial charge in [-0.1, -0.05) is 50.2 Å². The van der Waals surface area contributed by atoms with Gasteiger partial charge in [0.2, 0.25) is 0 Å². The lowest BCUT2D eigenvalue weighted by Crippen LogP contribution is -2.38. The van der Waals surface area contributed by atoms with Crippen molar-refractivity contribution in [3.8, 4) is 11.5 Å². The summed E-state index contributed by atoms with van der Waals surface area (Å²) in [5, 5.41) is 11.7. The van der Waals surface area contributed by atoms with Crippen molar-refractivity contribution >= 4 is 23.1 Å². The van der Waals surface area contributed by atoms with Gasteiger partial charge in [0, 0.05) is 19.3 Å². The molecule has 39 heavy (non-hydrogen) atoms. The SMILES string of the molecule is CCN(CC)CCN1C(=O)C(=O)/C(=C(/O)c2c(C)nc3ccccn23)C1c1cccc(Oc2ccccc2)c1. The lowest BCUT2D eigenvalue weighted by atomic mass is 9.96. The molecule has 1 atom stereocenters. The van der Waals surface area contributed by atoms with Crippen molar-refractivity contribution in [2.24, 2.45) is 0 Å². The van der Waals surface area contributed by atoms with Gasteiger partial charge in [0.25, 0.3) is 11.7 Å². The second-order valence-corrected chi connectivity index (χ2v) is 9.48. The van der Waals surface area contributed by atoms with Crippen molar-refractivity contribution < 1.29 is 19.4 Å². The average Bonchev–Trinajstić information content (AvgIpc) is 3.42. The number of fused-ring (bicyclic) bond motifs is 1. The van der Waals surface area contributed by atoms with Crippen LogP contribution < -0.4 is 4.74 Å². The number of likely N-dealkylation sites (tertiary alicyclic amines) is 1. The van der Waals surface area contributed by atoms with Gasteiger partial charge < -0.3 is 19.6 Å². The second-order valence-electron chi connectivity index (χ2n) is 9.48. The third kappa shape index (κ3) is 5.03. The Balaban J connectivity index is 1.63. The summed E-state index contributed by atoms with van der Waals surface area (Å²) >= 11 is 0. The highest BCUT2D eigenvalue weighted by Gasteiger charge is 2.46. The maximum Gasteiger partial charge on any atom is 0.295 e. The van der Waals surface area contributed by atoms with Crippen LogP contribution in [0, 0.1) is 6.92 Å². The molecule has 1 aliphatic heterocycles. The third-order valence-corrected chi connectivity index (χ3v) is 7.17. The van der Waals surface area contributed by atoms with E-state index < -0.39 is 17.7 Å². The number of nitrogens with zero attached hydrogens (tertiary/aromatic N) is 4. The van der Waals surface area contributed by atoms with Crippen LogP contribution in [0.25, 0.3) is 11.4 Å². The molecule has 0 aliphatic carbocycles. The van der Waals surface area contributed by atoms with Gasteiger partial charge in [0.1, 0.15) is 22.8 Å². The van der Waals surface area contributed by atoms with Crippen LogP contribution in [0.4, 0.5) is 0 Å². The van der Waals surface area contributed by atoms with Gasteiger partial charge in [-0.2, -0.15) is 0 Å². The van der Waals surface area contributed by atoms with E-state index in [1.54, 1.807) is 22.4 Å².